The number of carbonyl (C=O) groups is 1. The Kier molecular flexibility index (Phi) is 3.48. The summed E-state index contributed by atoms with van der Waals surface area (Å²) in [5.41, 5.74) is 0.112. The summed E-state index contributed by atoms with van der Waals surface area (Å²) in [7, 11) is -3.43. The van der Waals surface area contributed by atoms with Crippen LogP contribution in [0.2, 0.25) is 0 Å². The molecule has 0 atom stereocenters. The summed E-state index contributed by atoms with van der Waals surface area (Å²) in [4.78, 5) is 10.7. The fourth-order valence-electron chi connectivity index (χ4n) is 1.08. The van der Waals surface area contributed by atoms with Gasteiger partial charge in [0.05, 0.1) is 17.6 Å². The van der Waals surface area contributed by atoms with Gasteiger partial charge in [-0.15, -0.1) is 0 Å². The van der Waals surface area contributed by atoms with Crippen molar-refractivity contribution in [2.24, 2.45) is 0 Å². The quantitative estimate of drug-likeness (QED) is 0.840. The number of carbonyl (C=O) groups excluding carboxylic acids is 1. The van der Waals surface area contributed by atoms with Crippen LogP contribution in [0.25, 0.3) is 0 Å². The van der Waals surface area contributed by atoms with Gasteiger partial charge in [-0.1, -0.05) is 0 Å². The largest absolute Gasteiger partial charge is 0.324 e. The normalized spacial score (nSPS) is 10.9. The molecule has 0 aliphatic rings. The number of sulfonamides is 1. The topological polar surface area (TPSA) is 75.3 Å². The summed E-state index contributed by atoms with van der Waals surface area (Å²) < 4.78 is 37.2. The first kappa shape index (κ1) is 12.4. The zero-order valence-electron chi connectivity index (χ0n) is 8.74. The number of hydrogen-bond donors (Lipinski definition) is 2. The first-order valence-electron chi connectivity index (χ1n) is 4.33. The van der Waals surface area contributed by atoms with Gasteiger partial charge in [-0.05, 0) is 12.1 Å². The van der Waals surface area contributed by atoms with Gasteiger partial charge in [0, 0.05) is 13.0 Å². The average Bonchev–Trinajstić information content (AvgIpc) is 2.06. The van der Waals surface area contributed by atoms with E-state index in [9.17, 15) is 17.6 Å². The van der Waals surface area contributed by atoms with Crippen molar-refractivity contribution in [3.05, 3.63) is 24.0 Å². The summed E-state index contributed by atoms with van der Waals surface area (Å²) in [5, 5.41) is 2.27. The molecule has 0 saturated carbocycles. The average molecular weight is 246 g/mol. The van der Waals surface area contributed by atoms with Gasteiger partial charge in [-0.3, -0.25) is 9.52 Å². The minimum Gasteiger partial charge on any atom is -0.324 e. The van der Waals surface area contributed by atoms with Gasteiger partial charge in [0.25, 0.3) is 0 Å². The van der Waals surface area contributed by atoms with Crippen LogP contribution < -0.4 is 10.0 Å². The summed E-state index contributed by atoms with van der Waals surface area (Å²) in [6.07, 6.45) is 0.965. The number of amides is 1. The van der Waals surface area contributed by atoms with Crippen LogP contribution in [0.4, 0.5) is 15.8 Å². The lowest BCUT2D eigenvalue weighted by Crippen LogP contribution is -2.11. The van der Waals surface area contributed by atoms with Crippen molar-refractivity contribution in [2.45, 2.75) is 6.92 Å². The molecule has 0 saturated heterocycles. The van der Waals surface area contributed by atoms with Gasteiger partial charge in [0.2, 0.25) is 15.9 Å². The van der Waals surface area contributed by atoms with Crippen molar-refractivity contribution in [1.29, 1.82) is 0 Å². The predicted molar refractivity (Wildman–Crippen MR) is 59.2 cm³/mol. The van der Waals surface area contributed by atoms with Crippen LogP contribution in [0, 0.1) is 5.82 Å². The molecule has 5 nitrogen and oxygen atoms in total. The van der Waals surface area contributed by atoms with E-state index < -0.39 is 21.7 Å². The van der Waals surface area contributed by atoms with Gasteiger partial charge < -0.3 is 5.32 Å². The molecule has 0 radical (unpaired) electrons. The fraction of sp³-hybridized carbons (Fsp3) is 0.222. The number of anilines is 2. The summed E-state index contributed by atoms with van der Waals surface area (Å²) in [6, 6.07) is 3.63. The second-order valence-electron chi connectivity index (χ2n) is 3.25. The van der Waals surface area contributed by atoms with Crippen LogP contribution in [-0.2, 0) is 14.8 Å². The van der Waals surface area contributed by atoms with E-state index in [1.54, 1.807) is 0 Å². The lowest BCUT2D eigenvalue weighted by Gasteiger charge is -2.07. The van der Waals surface area contributed by atoms with E-state index in [1.807, 2.05) is 0 Å². The van der Waals surface area contributed by atoms with Gasteiger partial charge in [0.1, 0.15) is 5.82 Å². The minimum atomic E-state index is -3.43. The molecule has 7 heteroatoms. The van der Waals surface area contributed by atoms with Crippen molar-refractivity contribution >= 4 is 27.3 Å². The van der Waals surface area contributed by atoms with Crippen molar-refractivity contribution in [3.8, 4) is 0 Å². The van der Waals surface area contributed by atoms with Gasteiger partial charge in [0.15, 0.2) is 0 Å². The lowest BCUT2D eigenvalue weighted by atomic mass is 10.2. The third-order valence-corrected chi connectivity index (χ3v) is 2.19. The number of hydrogen-bond acceptors (Lipinski definition) is 3. The van der Waals surface area contributed by atoms with E-state index in [0.717, 1.165) is 12.3 Å². The Balaban J connectivity index is 2.95. The number of rotatable bonds is 3. The first-order valence-corrected chi connectivity index (χ1v) is 6.22. The molecule has 88 valence electrons. The Labute approximate surface area is 92.7 Å². The molecule has 1 amide bonds. The smallest absolute Gasteiger partial charge is 0.229 e. The zero-order chi connectivity index (χ0) is 12.3. The van der Waals surface area contributed by atoms with Crippen molar-refractivity contribution in [2.75, 3.05) is 16.3 Å². The van der Waals surface area contributed by atoms with Crippen molar-refractivity contribution in [1.82, 2.24) is 0 Å². The highest BCUT2D eigenvalue weighted by Crippen LogP contribution is 2.19. The highest BCUT2D eigenvalue weighted by molar-refractivity contribution is 7.92. The summed E-state index contributed by atoms with van der Waals surface area (Å²) in [6.45, 7) is 1.25. The number of nitrogens with one attached hydrogen (secondary N) is 2. The van der Waals surface area contributed by atoms with Gasteiger partial charge >= 0.3 is 0 Å². The molecule has 0 spiro atoms. The molecule has 0 fully saturated rings. The second-order valence-corrected chi connectivity index (χ2v) is 5.00. The molecule has 0 bridgehead atoms. The third kappa shape index (κ3) is 3.85. The molecule has 0 aliphatic heterocycles. The van der Waals surface area contributed by atoms with Crippen LogP contribution in [0.3, 0.4) is 0 Å². The molecule has 0 aliphatic carbocycles. The second kappa shape index (κ2) is 4.48. The molecule has 1 rings (SSSR count). The van der Waals surface area contributed by atoms with E-state index in [0.29, 0.717) is 0 Å². The predicted octanol–water partition coefficient (Wildman–Crippen LogP) is 1.16. The first-order chi connectivity index (χ1) is 7.28. The Morgan fingerprint density at radius 1 is 1.38 bits per heavy atom. The highest BCUT2D eigenvalue weighted by Gasteiger charge is 2.07. The monoisotopic (exact) mass is 246 g/mol. The summed E-state index contributed by atoms with van der Waals surface area (Å²) >= 11 is 0. The molecule has 0 unspecified atom stereocenters. The van der Waals surface area contributed by atoms with Gasteiger partial charge in [-0.25, -0.2) is 12.8 Å². The molecular formula is C9H11FN2O3S. The summed E-state index contributed by atoms with van der Waals surface area (Å²) in [5.74, 6) is -1.11. The van der Waals surface area contributed by atoms with Crippen LogP contribution in [0.1, 0.15) is 6.92 Å². The van der Waals surface area contributed by atoms with E-state index >= 15 is 0 Å². The van der Waals surface area contributed by atoms with Crippen LogP contribution in [-0.4, -0.2) is 20.6 Å². The van der Waals surface area contributed by atoms with Crippen LogP contribution in [0.5, 0.6) is 0 Å². The minimum absolute atomic E-state index is 0.00607. The number of benzene rings is 1. The van der Waals surface area contributed by atoms with E-state index in [4.69, 9.17) is 0 Å². The third-order valence-electron chi connectivity index (χ3n) is 1.58. The van der Waals surface area contributed by atoms with Crippen molar-refractivity contribution < 1.29 is 17.6 Å². The highest BCUT2D eigenvalue weighted by atomic mass is 32.2. The Morgan fingerprint density at radius 2 is 2.00 bits per heavy atom. The Bertz CT molecular complexity index is 513. The maximum absolute atomic E-state index is 13.3. The van der Waals surface area contributed by atoms with Crippen LogP contribution >= 0.6 is 0 Å². The standard InChI is InChI=1S/C9H11FN2O3S/c1-6(13)11-9-4-3-7(5-8(9)10)12-16(2,14)15/h3-5,12H,1-2H3,(H,11,13). The fourth-order valence-corrected chi connectivity index (χ4v) is 1.64. The molecule has 1 aromatic rings. The van der Waals surface area contributed by atoms with E-state index in [1.165, 1.54) is 19.1 Å². The molecule has 16 heavy (non-hydrogen) atoms. The van der Waals surface area contributed by atoms with E-state index in [-0.39, 0.29) is 11.4 Å². The van der Waals surface area contributed by atoms with Crippen molar-refractivity contribution in [3.63, 3.8) is 0 Å². The molecule has 2 N–H and O–H groups in total. The lowest BCUT2D eigenvalue weighted by molar-refractivity contribution is -0.114. The van der Waals surface area contributed by atoms with Crippen LogP contribution in [0.15, 0.2) is 18.2 Å². The Morgan fingerprint density at radius 3 is 2.44 bits per heavy atom. The maximum Gasteiger partial charge on any atom is 0.229 e. The molecule has 1 aromatic carbocycles. The number of halogens is 1. The zero-order valence-corrected chi connectivity index (χ0v) is 9.56. The van der Waals surface area contributed by atoms with Gasteiger partial charge in [-0.2, -0.15) is 0 Å². The molecule has 0 aromatic heterocycles. The maximum atomic E-state index is 13.3. The molecular weight excluding hydrogens is 235 g/mol. The van der Waals surface area contributed by atoms with E-state index in [2.05, 4.69) is 10.0 Å². The SMILES string of the molecule is CC(=O)Nc1ccc(NS(C)(=O)=O)cc1F. The Hall–Kier alpha value is -1.63. The molecule has 0 heterocycles.